The normalized spacial score (nSPS) is 11.2. The minimum absolute atomic E-state index is 0.106. The van der Waals surface area contributed by atoms with E-state index in [1.165, 1.54) is 16.9 Å². The summed E-state index contributed by atoms with van der Waals surface area (Å²) in [5, 5.41) is 2.68. The number of nitrogens with zero attached hydrogens (tertiary/aromatic N) is 1. The van der Waals surface area contributed by atoms with Gasteiger partial charge in [0.15, 0.2) is 0 Å². The van der Waals surface area contributed by atoms with Crippen LogP contribution in [0.3, 0.4) is 0 Å². The number of hydrogen-bond donors (Lipinski definition) is 1. The monoisotopic (exact) mass is 470 g/mol. The molecule has 0 aliphatic rings. The van der Waals surface area contributed by atoms with Crippen LogP contribution in [-0.2, 0) is 0 Å². The smallest absolute Gasteiger partial charge is 0.260 e. The molecule has 4 aromatic carbocycles. The highest BCUT2D eigenvalue weighted by Gasteiger charge is 2.21. The van der Waals surface area contributed by atoms with Crippen LogP contribution in [0, 0.1) is 0 Å². The van der Waals surface area contributed by atoms with Gasteiger partial charge in [-0.25, -0.2) is 4.98 Å². The zero-order valence-corrected chi connectivity index (χ0v) is 19.7. The Morgan fingerprint density at radius 2 is 1.14 bits per heavy atom. The molecule has 4 heteroatoms. The average Bonchev–Trinajstić information content (AvgIpc) is 3.36. The van der Waals surface area contributed by atoms with Gasteiger partial charge < -0.3 is 4.98 Å². The molecule has 0 saturated carbocycles. The van der Waals surface area contributed by atoms with Crippen LogP contribution in [0.1, 0.15) is 22.9 Å². The maximum absolute atomic E-state index is 13.4. The van der Waals surface area contributed by atoms with E-state index in [0.29, 0.717) is 11.2 Å². The van der Waals surface area contributed by atoms with Crippen LogP contribution < -0.4 is 5.56 Å². The first-order chi connectivity index (χ1) is 17.3. The molecule has 35 heavy (non-hydrogen) atoms. The Bertz CT molecular complexity index is 1600. The Labute approximate surface area is 207 Å². The molecule has 0 atom stereocenters. The molecule has 0 radical (unpaired) electrons. The molecular weight excluding hydrogens is 448 g/mol. The van der Waals surface area contributed by atoms with Crippen molar-refractivity contribution in [1.82, 2.24) is 9.97 Å². The van der Waals surface area contributed by atoms with Crippen molar-refractivity contribution in [2.75, 3.05) is 0 Å². The van der Waals surface area contributed by atoms with Crippen LogP contribution in [0.2, 0.25) is 0 Å². The van der Waals surface area contributed by atoms with E-state index in [4.69, 9.17) is 4.98 Å². The van der Waals surface area contributed by atoms with Gasteiger partial charge in [-0.1, -0.05) is 115 Å². The van der Waals surface area contributed by atoms with Gasteiger partial charge in [0.05, 0.1) is 11.3 Å². The maximum atomic E-state index is 13.4. The summed E-state index contributed by atoms with van der Waals surface area (Å²) in [6.45, 7) is 0. The highest BCUT2D eigenvalue weighted by molar-refractivity contribution is 7.17. The van der Waals surface area contributed by atoms with Crippen LogP contribution in [0.4, 0.5) is 0 Å². The van der Waals surface area contributed by atoms with E-state index in [1.54, 1.807) is 0 Å². The van der Waals surface area contributed by atoms with Crippen molar-refractivity contribution in [3.8, 4) is 22.3 Å². The lowest BCUT2D eigenvalue weighted by Gasteiger charge is -2.17. The lowest BCUT2D eigenvalue weighted by Crippen LogP contribution is -2.16. The SMILES string of the molecule is O=c1[nH]c(C(c2ccccc2)c2ccccc2)nc2scc(-c3ccc(-c4ccccc4)cc3)c12. The number of aromatic amines is 1. The first kappa shape index (κ1) is 21.3. The van der Waals surface area contributed by atoms with E-state index >= 15 is 0 Å². The third-order valence-electron chi connectivity index (χ3n) is 6.30. The minimum Gasteiger partial charge on any atom is -0.309 e. The van der Waals surface area contributed by atoms with E-state index < -0.39 is 0 Å². The van der Waals surface area contributed by atoms with Crippen LogP contribution >= 0.6 is 11.3 Å². The molecule has 0 saturated heterocycles. The lowest BCUT2D eigenvalue weighted by atomic mass is 9.90. The third kappa shape index (κ3) is 4.09. The fourth-order valence-electron chi connectivity index (χ4n) is 4.59. The van der Waals surface area contributed by atoms with Crippen molar-refractivity contribution in [2.24, 2.45) is 0 Å². The molecule has 0 amide bonds. The Morgan fingerprint density at radius 3 is 1.74 bits per heavy atom. The van der Waals surface area contributed by atoms with Crippen LogP contribution in [0.5, 0.6) is 0 Å². The first-order valence-corrected chi connectivity index (χ1v) is 12.4. The molecule has 0 unspecified atom stereocenters. The highest BCUT2D eigenvalue weighted by atomic mass is 32.1. The largest absolute Gasteiger partial charge is 0.309 e. The predicted molar refractivity (Wildman–Crippen MR) is 145 cm³/mol. The molecule has 0 fully saturated rings. The quantitative estimate of drug-likeness (QED) is 0.284. The second-order valence-electron chi connectivity index (χ2n) is 8.48. The van der Waals surface area contributed by atoms with Gasteiger partial charge in [0, 0.05) is 10.9 Å². The second kappa shape index (κ2) is 9.16. The van der Waals surface area contributed by atoms with Gasteiger partial charge in [-0.15, -0.1) is 11.3 Å². The van der Waals surface area contributed by atoms with Crippen molar-refractivity contribution in [1.29, 1.82) is 0 Å². The van der Waals surface area contributed by atoms with Gasteiger partial charge in [0.2, 0.25) is 0 Å². The van der Waals surface area contributed by atoms with Crippen LogP contribution in [0.25, 0.3) is 32.5 Å². The summed E-state index contributed by atoms with van der Waals surface area (Å²) >= 11 is 1.51. The standard InChI is InChI=1S/C31H22N2OS/c34-30-28-26(23-18-16-22(17-19-23)21-10-4-1-5-11-21)20-35-31(28)33-29(32-30)27(24-12-6-2-7-13-24)25-14-8-3-9-15-25/h1-20,27H,(H,32,33,34). The molecule has 0 spiro atoms. The maximum Gasteiger partial charge on any atom is 0.260 e. The van der Waals surface area contributed by atoms with E-state index in [9.17, 15) is 4.79 Å². The summed E-state index contributed by atoms with van der Waals surface area (Å²) in [4.78, 5) is 22.3. The fraction of sp³-hybridized carbons (Fsp3) is 0.0323. The van der Waals surface area contributed by atoms with Crippen molar-refractivity contribution in [3.63, 3.8) is 0 Å². The molecule has 0 bridgehead atoms. The summed E-state index contributed by atoms with van der Waals surface area (Å²) < 4.78 is 0. The van der Waals surface area contributed by atoms with Gasteiger partial charge in [0.25, 0.3) is 5.56 Å². The zero-order chi connectivity index (χ0) is 23.6. The molecule has 6 aromatic rings. The Balaban J connectivity index is 1.43. The summed E-state index contributed by atoms with van der Waals surface area (Å²) in [7, 11) is 0. The molecule has 1 N–H and O–H groups in total. The average molecular weight is 471 g/mol. The van der Waals surface area contributed by atoms with Crippen molar-refractivity contribution < 1.29 is 0 Å². The number of benzene rings is 4. The number of hydrogen-bond acceptors (Lipinski definition) is 3. The Hall–Kier alpha value is -4.28. The number of aromatic nitrogens is 2. The molecule has 0 aliphatic heterocycles. The van der Waals surface area contributed by atoms with Crippen molar-refractivity contribution >= 4 is 21.6 Å². The highest BCUT2D eigenvalue weighted by Crippen LogP contribution is 2.35. The third-order valence-corrected chi connectivity index (χ3v) is 7.18. The molecule has 6 rings (SSSR count). The van der Waals surface area contributed by atoms with Gasteiger partial charge >= 0.3 is 0 Å². The van der Waals surface area contributed by atoms with E-state index in [1.807, 2.05) is 60.0 Å². The summed E-state index contributed by atoms with van der Waals surface area (Å²) in [5.74, 6) is 0.512. The van der Waals surface area contributed by atoms with Crippen molar-refractivity contribution in [3.05, 3.63) is 148 Å². The molecule has 168 valence electrons. The zero-order valence-electron chi connectivity index (χ0n) is 18.9. The van der Waals surface area contributed by atoms with E-state index in [-0.39, 0.29) is 11.5 Å². The molecule has 0 aliphatic carbocycles. The number of rotatable bonds is 5. The molecular formula is C31H22N2OS. The molecule has 2 heterocycles. The molecule has 2 aromatic heterocycles. The number of thiophene rings is 1. The van der Waals surface area contributed by atoms with Gasteiger partial charge in [0.1, 0.15) is 10.7 Å². The number of fused-ring (bicyclic) bond motifs is 1. The summed E-state index contributed by atoms with van der Waals surface area (Å²) in [6.07, 6.45) is 0. The topological polar surface area (TPSA) is 45.8 Å². The Kier molecular flexibility index (Phi) is 5.57. The van der Waals surface area contributed by atoms with Crippen LogP contribution in [0.15, 0.2) is 125 Å². The second-order valence-corrected chi connectivity index (χ2v) is 9.34. The van der Waals surface area contributed by atoms with E-state index in [0.717, 1.165) is 32.6 Å². The summed E-state index contributed by atoms with van der Waals surface area (Å²) in [6, 6.07) is 39.0. The van der Waals surface area contributed by atoms with E-state index in [2.05, 4.69) is 65.6 Å². The predicted octanol–water partition coefficient (Wildman–Crippen LogP) is 7.50. The fourth-order valence-corrected chi connectivity index (χ4v) is 5.54. The first-order valence-electron chi connectivity index (χ1n) is 11.5. The van der Waals surface area contributed by atoms with Gasteiger partial charge in [-0.05, 0) is 27.8 Å². The Morgan fingerprint density at radius 1 is 0.629 bits per heavy atom. The van der Waals surface area contributed by atoms with Crippen molar-refractivity contribution in [2.45, 2.75) is 5.92 Å². The van der Waals surface area contributed by atoms with Gasteiger partial charge in [-0.3, -0.25) is 4.79 Å². The summed E-state index contributed by atoms with van der Waals surface area (Å²) in [5.41, 5.74) is 6.33. The molecule has 3 nitrogen and oxygen atoms in total. The lowest BCUT2D eigenvalue weighted by molar-refractivity contribution is 0.860. The number of H-pyrrole nitrogens is 1. The van der Waals surface area contributed by atoms with Gasteiger partial charge in [-0.2, -0.15) is 0 Å². The van der Waals surface area contributed by atoms with Crippen LogP contribution in [-0.4, -0.2) is 9.97 Å². The number of nitrogens with one attached hydrogen (secondary N) is 1. The minimum atomic E-state index is -0.148.